The van der Waals surface area contributed by atoms with Crippen LogP contribution in [0.1, 0.15) is 44.4 Å². The van der Waals surface area contributed by atoms with Gasteiger partial charge in [0.05, 0.1) is 16.8 Å². The van der Waals surface area contributed by atoms with Gasteiger partial charge in [-0.2, -0.15) is 13.2 Å². The molecule has 1 fully saturated rings. The number of ether oxygens (including phenoxy) is 1. The summed E-state index contributed by atoms with van der Waals surface area (Å²) in [5, 5.41) is 2.57. The topological polar surface area (TPSA) is 56.8 Å². The second-order valence-electron chi connectivity index (χ2n) is 8.96. The average molecular weight is 479 g/mol. The second kappa shape index (κ2) is 9.80. The predicted molar refractivity (Wildman–Crippen MR) is 120 cm³/mol. The zero-order valence-corrected chi connectivity index (χ0v) is 19.3. The minimum absolute atomic E-state index is 0.0513. The van der Waals surface area contributed by atoms with Gasteiger partial charge >= 0.3 is 19.4 Å². The number of amides is 1. The van der Waals surface area contributed by atoms with E-state index >= 15 is 0 Å². The molecule has 5 nitrogen and oxygen atoms in total. The summed E-state index contributed by atoms with van der Waals surface area (Å²) in [5.74, 6) is -1.06. The van der Waals surface area contributed by atoms with Gasteiger partial charge in [0.1, 0.15) is 12.4 Å². The Morgan fingerprint density at radius 3 is 2.24 bits per heavy atom. The molecular formula is C24H26BF4NO4. The highest BCUT2D eigenvalue weighted by Crippen LogP contribution is 2.39. The molecule has 0 aliphatic carbocycles. The minimum Gasteiger partial charge on any atom is -0.445 e. The lowest BCUT2D eigenvalue weighted by molar-refractivity contribution is -0.137. The van der Waals surface area contributed by atoms with Crippen LogP contribution in [-0.2, 0) is 26.8 Å². The molecule has 1 saturated heterocycles. The normalized spacial score (nSPS) is 17.5. The molecule has 0 radical (unpaired) electrons. The minimum atomic E-state index is -4.66. The maximum atomic E-state index is 14.5. The van der Waals surface area contributed by atoms with E-state index in [1.54, 1.807) is 12.1 Å². The molecule has 0 saturated carbocycles. The van der Waals surface area contributed by atoms with E-state index < -0.39 is 42.0 Å². The lowest BCUT2D eigenvalue weighted by Crippen LogP contribution is -2.41. The third-order valence-electron chi connectivity index (χ3n) is 5.87. The van der Waals surface area contributed by atoms with Crippen molar-refractivity contribution in [2.24, 2.45) is 0 Å². The fourth-order valence-electron chi connectivity index (χ4n) is 3.17. The third-order valence-corrected chi connectivity index (χ3v) is 5.87. The molecule has 10 heteroatoms. The Kier molecular flexibility index (Phi) is 7.42. The number of benzene rings is 2. The van der Waals surface area contributed by atoms with E-state index in [0.717, 1.165) is 17.7 Å². The highest BCUT2D eigenvalue weighted by atomic mass is 19.4. The van der Waals surface area contributed by atoms with Gasteiger partial charge in [-0.05, 0) is 50.9 Å². The summed E-state index contributed by atoms with van der Waals surface area (Å²) in [5.41, 5.74) is -1.52. The summed E-state index contributed by atoms with van der Waals surface area (Å²) >= 11 is 0. The number of nitrogens with one attached hydrogen (secondary N) is 1. The quantitative estimate of drug-likeness (QED) is 0.421. The van der Waals surface area contributed by atoms with Crippen LogP contribution in [0.4, 0.5) is 22.4 Å². The summed E-state index contributed by atoms with van der Waals surface area (Å²) in [6, 6.07) is 11.3. The smallest absolute Gasteiger partial charge is 0.445 e. The molecule has 182 valence electrons. The first-order chi connectivity index (χ1) is 15.8. The van der Waals surface area contributed by atoms with Gasteiger partial charge < -0.3 is 19.4 Å². The molecule has 1 amide bonds. The van der Waals surface area contributed by atoms with Crippen molar-refractivity contribution in [1.29, 1.82) is 0 Å². The van der Waals surface area contributed by atoms with Crippen LogP contribution < -0.4 is 5.32 Å². The summed E-state index contributed by atoms with van der Waals surface area (Å²) in [4.78, 5) is 12.2. The molecule has 0 bridgehead atoms. The number of rotatable bonds is 6. The van der Waals surface area contributed by atoms with Gasteiger partial charge in [0, 0.05) is 12.1 Å². The van der Waals surface area contributed by atoms with Gasteiger partial charge in [0.25, 0.3) is 0 Å². The molecule has 1 aliphatic rings. The van der Waals surface area contributed by atoms with Crippen molar-refractivity contribution >= 4 is 19.3 Å². The molecule has 1 heterocycles. The zero-order valence-electron chi connectivity index (χ0n) is 19.3. The largest absolute Gasteiger partial charge is 0.492 e. The van der Waals surface area contributed by atoms with Crippen LogP contribution >= 0.6 is 0 Å². The molecule has 34 heavy (non-hydrogen) atoms. The molecule has 2 aromatic rings. The summed E-state index contributed by atoms with van der Waals surface area (Å²) < 4.78 is 70.4. The van der Waals surface area contributed by atoms with Crippen LogP contribution in [0.3, 0.4) is 0 Å². The lowest BCUT2D eigenvalue weighted by atomic mass is 9.77. The van der Waals surface area contributed by atoms with Crippen molar-refractivity contribution in [2.75, 3.05) is 6.54 Å². The third kappa shape index (κ3) is 6.18. The lowest BCUT2D eigenvalue weighted by Gasteiger charge is -2.32. The summed E-state index contributed by atoms with van der Waals surface area (Å²) in [7, 11) is -0.957. The van der Waals surface area contributed by atoms with Crippen LogP contribution in [0.5, 0.6) is 0 Å². The number of hydrogen-bond acceptors (Lipinski definition) is 4. The molecule has 1 N–H and O–H groups in total. The van der Waals surface area contributed by atoms with E-state index in [1.165, 1.54) is 6.08 Å². The number of alkyl halides is 3. The first kappa shape index (κ1) is 25.8. The monoisotopic (exact) mass is 479 g/mol. The standard InChI is InChI=1S/C24H26BF4NO4/c1-22(2)23(3,4)34-25(33-22)19(12-17-10-11-18(13-20(17)26)24(27,28)29)14-30-21(31)32-15-16-8-6-5-7-9-16/h5-13H,14-15H2,1-4H3,(H,30,31). The number of hydrogen-bond donors (Lipinski definition) is 1. The first-order valence-electron chi connectivity index (χ1n) is 10.7. The molecule has 2 aromatic carbocycles. The van der Waals surface area contributed by atoms with Gasteiger partial charge in [-0.25, -0.2) is 9.18 Å². The molecule has 0 aromatic heterocycles. The van der Waals surface area contributed by atoms with Crippen LogP contribution in [0.15, 0.2) is 54.0 Å². The van der Waals surface area contributed by atoms with Crippen LogP contribution in [0.2, 0.25) is 0 Å². The highest BCUT2D eigenvalue weighted by molar-refractivity contribution is 6.56. The Morgan fingerprint density at radius 2 is 1.68 bits per heavy atom. The van der Waals surface area contributed by atoms with Crippen LogP contribution in [-0.4, -0.2) is 31.0 Å². The van der Waals surface area contributed by atoms with Crippen molar-refractivity contribution < 1.29 is 36.4 Å². The number of alkyl carbamates (subject to hydrolysis) is 1. The van der Waals surface area contributed by atoms with E-state index in [4.69, 9.17) is 14.0 Å². The Balaban J connectivity index is 1.80. The van der Waals surface area contributed by atoms with E-state index in [0.29, 0.717) is 11.5 Å². The van der Waals surface area contributed by atoms with Gasteiger partial charge in [0.15, 0.2) is 0 Å². The molecule has 3 rings (SSSR count). The van der Waals surface area contributed by atoms with Crippen molar-refractivity contribution in [3.8, 4) is 0 Å². The fraction of sp³-hybridized carbons (Fsp3) is 0.375. The van der Waals surface area contributed by atoms with E-state index in [1.807, 2.05) is 45.9 Å². The van der Waals surface area contributed by atoms with Crippen molar-refractivity contribution in [3.63, 3.8) is 0 Å². The van der Waals surface area contributed by atoms with Crippen LogP contribution in [0.25, 0.3) is 6.08 Å². The van der Waals surface area contributed by atoms with Gasteiger partial charge in [-0.15, -0.1) is 0 Å². The Hall–Kier alpha value is -2.85. The number of halogens is 4. The summed E-state index contributed by atoms with van der Waals surface area (Å²) in [6.07, 6.45) is -4.07. The summed E-state index contributed by atoms with van der Waals surface area (Å²) in [6.45, 7) is 7.21. The van der Waals surface area contributed by atoms with E-state index in [-0.39, 0.29) is 18.7 Å². The molecular weight excluding hydrogens is 453 g/mol. The fourth-order valence-corrected chi connectivity index (χ4v) is 3.17. The Bertz CT molecular complexity index is 1040. The molecule has 0 unspecified atom stereocenters. The first-order valence-corrected chi connectivity index (χ1v) is 10.7. The average Bonchev–Trinajstić information content (AvgIpc) is 2.97. The molecule has 0 atom stereocenters. The SMILES string of the molecule is CC1(C)OB(C(=Cc2ccc(C(F)(F)F)cc2F)CNC(=O)OCc2ccccc2)OC1(C)C. The van der Waals surface area contributed by atoms with Gasteiger partial charge in [-0.3, -0.25) is 0 Å². The van der Waals surface area contributed by atoms with Crippen molar-refractivity contribution in [1.82, 2.24) is 5.32 Å². The zero-order chi connectivity index (χ0) is 25.1. The number of carbonyl (C=O) groups excluding carboxylic acids is 1. The molecule has 0 spiro atoms. The maximum absolute atomic E-state index is 14.5. The van der Waals surface area contributed by atoms with Crippen LogP contribution in [0, 0.1) is 5.82 Å². The maximum Gasteiger partial charge on any atom is 0.492 e. The molecule has 1 aliphatic heterocycles. The van der Waals surface area contributed by atoms with Crippen molar-refractivity contribution in [2.45, 2.75) is 51.7 Å². The number of carbonyl (C=O) groups is 1. The van der Waals surface area contributed by atoms with E-state index in [2.05, 4.69) is 5.32 Å². The highest BCUT2D eigenvalue weighted by Gasteiger charge is 2.52. The Morgan fingerprint density at radius 1 is 1.06 bits per heavy atom. The predicted octanol–water partition coefficient (Wildman–Crippen LogP) is 5.79. The Labute approximate surface area is 196 Å². The van der Waals surface area contributed by atoms with Gasteiger partial charge in [0.2, 0.25) is 0 Å². The van der Waals surface area contributed by atoms with Crippen molar-refractivity contribution in [3.05, 3.63) is 76.5 Å². The van der Waals surface area contributed by atoms with E-state index in [9.17, 15) is 22.4 Å². The van der Waals surface area contributed by atoms with Gasteiger partial charge in [-0.1, -0.05) is 42.5 Å². The second-order valence-corrected chi connectivity index (χ2v) is 8.96.